The largest absolute Gasteiger partial charge is 0.434 e. The minimum absolute atomic E-state index is 0.0192. The van der Waals surface area contributed by atoms with Crippen LogP contribution in [0.4, 0.5) is 8.78 Å². The van der Waals surface area contributed by atoms with Crippen LogP contribution in [-0.2, 0) is 16.1 Å². The molecule has 2 rings (SSSR count). The fraction of sp³-hybridized carbons (Fsp3) is 0.533. The lowest BCUT2D eigenvalue weighted by atomic mass is 9.96. The van der Waals surface area contributed by atoms with Gasteiger partial charge in [0, 0.05) is 36.8 Å². The number of carbonyl (C=O) groups excluding carboxylic acids is 1. The predicted octanol–water partition coefficient (Wildman–Crippen LogP) is 3.37. The van der Waals surface area contributed by atoms with Crippen LogP contribution in [0.25, 0.3) is 0 Å². The second-order valence-corrected chi connectivity index (χ2v) is 5.60. The molecule has 1 aliphatic heterocycles. The Kier molecular flexibility index (Phi) is 6.39. The van der Waals surface area contributed by atoms with Crippen molar-refractivity contribution in [3.05, 3.63) is 28.8 Å². The Balaban J connectivity index is 1.89. The van der Waals surface area contributed by atoms with Crippen molar-refractivity contribution in [2.75, 3.05) is 13.2 Å². The van der Waals surface area contributed by atoms with Gasteiger partial charge in [-0.25, -0.2) is 0 Å². The van der Waals surface area contributed by atoms with Gasteiger partial charge >= 0.3 is 6.61 Å². The summed E-state index contributed by atoms with van der Waals surface area (Å²) in [5.74, 6) is 0.213. The van der Waals surface area contributed by atoms with E-state index in [4.69, 9.17) is 16.3 Å². The first-order chi connectivity index (χ1) is 10.5. The highest BCUT2D eigenvalue weighted by Crippen LogP contribution is 2.25. The van der Waals surface area contributed by atoms with Crippen LogP contribution < -0.4 is 10.1 Å². The van der Waals surface area contributed by atoms with Crippen molar-refractivity contribution in [2.24, 2.45) is 5.92 Å². The molecule has 1 aromatic rings. The maximum absolute atomic E-state index is 12.4. The molecule has 0 aromatic heterocycles. The number of alkyl halides is 2. The summed E-state index contributed by atoms with van der Waals surface area (Å²) in [6.45, 7) is -1.46. The number of hydrogen-bond donors (Lipinski definition) is 1. The molecule has 0 bridgehead atoms. The van der Waals surface area contributed by atoms with Gasteiger partial charge in [0.25, 0.3) is 0 Å². The third kappa shape index (κ3) is 5.42. The van der Waals surface area contributed by atoms with Crippen molar-refractivity contribution in [3.8, 4) is 5.75 Å². The van der Waals surface area contributed by atoms with Crippen molar-refractivity contribution in [1.82, 2.24) is 5.32 Å². The van der Waals surface area contributed by atoms with E-state index in [1.165, 1.54) is 18.2 Å². The van der Waals surface area contributed by atoms with Crippen LogP contribution in [0.5, 0.6) is 5.75 Å². The van der Waals surface area contributed by atoms with Gasteiger partial charge in [-0.05, 0) is 37.0 Å². The Labute approximate surface area is 132 Å². The van der Waals surface area contributed by atoms with Crippen molar-refractivity contribution in [3.63, 3.8) is 0 Å². The quantitative estimate of drug-likeness (QED) is 0.868. The highest BCUT2D eigenvalue weighted by Gasteiger charge is 2.18. The van der Waals surface area contributed by atoms with Crippen molar-refractivity contribution < 1.29 is 23.0 Å². The molecule has 7 heteroatoms. The molecular formula is C15H18ClF2NO3. The minimum atomic E-state index is -2.92. The van der Waals surface area contributed by atoms with Crippen LogP contribution in [0.2, 0.25) is 5.02 Å². The Hall–Kier alpha value is -1.40. The zero-order chi connectivity index (χ0) is 15.9. The highest BCUT2D eigenvalue weighted by molar-refractivity contribution is 6.30. The predicted molar refractivity (Wildman–Crippen MR) is 78.1 cm³/mol. The molecule has 0 unspecified atom stereocenters. The number of halogens is 3. The van der Waals surface area contributed by atoms with E-state index in [2.05, 4.69) is 10.1 Å². The van der Waals surface area contributed by atoms with E-state index in [9.17, 15) is 13.6 Å². The van der Waals surface area contributed by atoms with E-state index in [0.29, 0.717) is 36.1 Å². The molecule has 1 heterocycles. The van der Waals surface area contributed by atoms with Gasteiger partial charge in [0.15, 0.2) is 0 Å². The van der Waals surface area contributed by atoms with Crippen LogP contribution in [0.1, 0.15) is 24.8 Å². The summed E-state index contributed by atoms with van der Waals surface area (Å²) < 4.78 is 34.4. The van der Waals surface area contributed by atoms with Crippen LogP contribution in [0.3, 0.4) is 0 Å². The number of ether oxygens (including phenoxy) is 2. The summed E-state index contributed by atoms with van der Waals surface area (Å²) in [5, 5.41) is 3.12. The van der Waals surface area contributed by atoms with Crippen molar-refractivity contribution in [2.45, 2.75) is 32.4 Å². The molecule has 0 atom stereocenters. The first kappa shape index (κ1) is 17.0. The third-order valence-electron chi connectivity index (χ3n) is 3.53. The number of nitrogens with one attached hydrogen (secondary N) is 1. The van der Waals surface area contributed by atoms with Gasteiger partial charge in [0.05, 0.1) is 0 Å². The van der Waals surface area contributed by atoms with Crippen molar-refractivity contribution in [1.29, 1.82) is 0 Å². The van der Waals surface area contributed by atoms with Gasteiger partial charge in [-0.1, -0.05) is 11.6 Å². The van der Waals surface area contributed by atoms with Crippen molar-refractivity contribution >= 4 is 17.5 Å². The molecule has 0 radical (unpaired) electrons. The SMILES string of the molecule is O=C(CC1CCOCC1)NCc1cc(Cl)ccc1OC(F)F. The lowest BCUT2D eigenvalue weighted by Gasteiger charge is -2.21. The summed E-state index contributed by atoms with van der Waals surface area (Å²) in [7, 11) is 0. The second kappa shape index (κ2) is 8.29. The monoisotopic (exact) mass is 333 g/mol. The molecular weight excluding hydrogens is 316 g/mol. The van der Waals surface area contributed by atoms with E-state index < -0.39 is 6.61 Å². The highest BCUT2D eigenvalue weighted by atomic mass is 35.5. The van der Waals surface area contributed by atoms with Gasteiger partial charge in [-0.15, -0.1) is 0 Å². The average molecular weight is 334 g/mol. The van der Waals surface area contributed by atoms with Crippen LogP contribution in [0, 0.1) is 5.92 Å². The molecule has 1 aliphatic rings. The first-order valence-corrected chi connectivity index (χ1v) is 7.50. The molecule has 0 aliphatic carbocycles. The van der Waals surface area contributed by atoms with Crippen LogP contribution in [0.15, 0.2) is 18.2 Å². The van der Waals surface area contributed by atoms with Gasteiger partial charge in [-0.3, -0.25) is 4.79 Å². The van der Waals surface area contributed by atoms with Gasteiger partial charge in [0.1, 0.15) is 5.75 Å². The van der Waals surface area contributed by atoms with E-state index >= 15 is 0 Å². The smallest absolute Gasteiger partial charge is 0.387 e. The molecule has 122 valence electrons. The van der Waals surface area contributed by atoms with E-state index in [1.807, 2.05) is 0 Å². The summed E-state index contributed by atoms with van der Waals surface area (Å²) in [4.78, 5) is 11.9. The molecule has 4 nitrogen and oxygen atoms in total. The number of carbonyl (C=O) groups is 1. The van der Waals surface area contributed by atoms with E-state index in [-0.39, 0.29) is 18.2 Å². The number of amides is 1. The maximum Gasteiger partial charge on any atom is 0.387 e. The fourth-order valence-corrected chi connectivity index (χ4v) is 2.57. The van der Waals surface area contributed by atoms with Gasteiger partial charge in [0.2, 0.25) is 5.91 Å². The Morgan fingerprint density at radius 1 is 1.41 bits per heavy atom. The molecule has 1 N–H and O–H groups in total. The number of benzene rings is 1. The van der Waals surface area contributed by atoms with Gasteiger partial charge < -0.3 is 14.8 Å². The average Bonchev–Trinajstić information content (AvgIpc) is 2.48. The van der Waals surface area contributed by atoms with Crippen LogP contribution >= 0.6 is 11.6 Å². The standard InChI is InChI=1S/C15H18ClF2NO3/c16-12-1-2-13(22-15(17)18)11(8-12)9-19-14(20)7-10-3-5-21-6-4-10/h1-2,8,10,15H,3-7,9H2,(H,19,20). The summed E-state index contributed by atoms with van der Waals surface area (Å²) >= 11 is 5.85. The normalized spacial score (nSPS) is 15.8. The topological polar surface area (TPSA) is 47.6 Å². The molecule has 1 fully saturated rings. The Bertz CT molecular complexity index is 508. The van der Waals surface area contributed by atoms with Gasteiger partial charge in [-0.2, -0.15) is 8.78 Å². The van der Waals surface area contributed by atoms with Crippen LogP contribution in [-0.4, -0.2) is 25.7 Å². The molecule has 0 saturated carbocycles. The molecule has 1 amide bonds. The second-order valence-electron chi connectivity index (χ2n) is 5.17. The summed E-state index contributed by atoms with van der Waals surface area (Å²) in [5.41, 5.74) is 0.424. The zero-order valence-electron chi connectivity index (χ0n) is 12.0. The molecule has 0 spiro atoms. The first-order valence-electron chi connectivity index (χ1n) is 7.12. The lowest BCUT2D eigenvalue weighted by molar-refractivity contribution is -0.122. The van der Waals surface area contributed by atoms with E-state index in [1.54, 1.807) is 0 Å². The molecule has 22 heavy (non-hydrogen) atoms. The summed E-state index contributed by atoms with van der Waals surface area (Å²) in [6, 6.07) is 4.34. The van der Waals surface area contributed by atoms with E-state index in [0.717, 1.165) is 12.8 Å². The Morgan fingerprint density at radius 3 is 2.82 bits per heavy atom. The molecule has 1 aromatic carbocycles. The Morgan fingerprint density at radius 2 is 2.14 bits per heavy atom. The molecule has 1 saturated heterocycles. The minimum Gasteiger partial charge on any atom is -0.434 e. The maximum atomic E-state index is 12.4. The lowest BCUT2D eigenvalue weighted by Crippen LogP contribution is -2.27. The zero-order valence-corrected chi connectivity index (χ0v) is 12.7. The number of hydrogen-bond acceptors (Lipinski definition) is 3. The third-order valence-corrected chi connectivity index (χ3v) is 3.76. The number of rotatable bonds is 6. The summed E-state index contributed by atoms with van der Waals surface area (Å²) in [6.07, 6.45) is 2.14. The fourth-order valence-electron chi connectivity index (χ4n) is 2.38.